The summed E-state index contributed by atoms with van der Waals surface area (Å²) in [5.74, 6) is 4.56. The lowest BCUT2D eigenvalue weighted by atomic mass is 9.75. The van der Waals surface area contributed by atoms with Crippen molar-refractivity contribution in [1.82, 2.24) is 5.16 Å². The van der Waals surface area contributed by atoms with Crippen LogP contribution < -0.4 is 10.9 Å². The second-order valence-corrected chi connectivity index (χ2v) is 9.43. The molecular formula is C29H23F3N2O4. The average molecular weight is 521 g/mol. The highest BCUT2D eigenvalue weighted by Crippen LogP contribution is 2.35. The van der Waals surface area contributed by atoms with Gasteiger partial charge in [0.05, 0.1) is 5.39 Å². The molecule has 4 rings (SSSR count). The fourth-order valence-electron chi connectivity index (χ4n) is 4.13. The first-order valence-corrected chi connectivity index (χ1v) is 11.6. The van der Waals surface area contributed by atoms with Crippen LogP contribution in [-0.4, -0.2) is 21.8 Å². The molecule has 1 amide bonds. The fourth-order valence-corrected chi connectivity index (χ4v) is 4.13. The van der Waals surface area contributed by atoms with E-state index in [1.165, 1.54) is 6.07 Å². The summed E-state index contributed by atoms with van der Waals surface area (Å²) in [6, 6.07) is 21.3. The van der Waals surface area contributed by atoms with Crippen molar-refractivity contribution >= 4 is 22.4 Å². The number of aromatic nitrogens is 1. The standard InChI is InChI=1S/C29H23F3N2O4/c1-27(2,20-11-7-4-8-12-20)18-28(37,16-15-19-9-5-3-6-10-19)26(36)33-21-13-14-22-23(17-21)24(29(30,31)32)34-38-25(22)35/h3-14,17,37H,18H2,1-2H3,(H,33,36). The molecule has 3 aromatic carbocycles. The number of carbonyl (C=O) groups is 1. The lowest BCUT2D eigenvalue weighted by Gasteiger charge is -2.32. The Hall–Kier alpha value is -4.42. The van der Waals surface area contributed by atoms with Gasteiger partial charge in [-0.1, -0.05) is 79.4 Å². The van der Waals surface area contributed by atoms with Crippen LogP contribution in [0.4, 0.5) is 18.9 Å². The van der Waals surface area contributed by atoms with Gasteiger partial charge in [0.2, 0.25) is 5.60 Å². The first-order valence-electron chi connectivity index (χ1n) is 11.6. The molecule has 2 N–H and O–H groups in total. The molecule has 1 aromatic heterocycles. The lowest BCUT2D eigenvalue weighted by molar-refractivity contribution is -0.142. The molecule has 4 aromatic rings. The van der Waals surface area contributed by atoms with Crippen LogP contribution in [0.15, 0.2) is 88.2 Å². The number of alkyl halides is 3. The van der Waals surface area contributed by atoms with Crippen LogP contribution in [0, 0.1) is 11.8 Å². The summed E-state index contributed by atoms with van der Waals surface area (Å²) in [5, 5.41) is 16.1. The van der Waals surface area contributed by atoms with E-state index in [4.69, 9.17) is 0 Å². The summed E-state index contributed by atoms with van der Waals surface area (Å²) in [5.41, 5.74) is -4.08. The summed E-state index contributed by atoms with van der Waals surface area (Å²) < 4.78 is 44.7. The number of nitrogens with zero attached hydrogens (tertiary/aromatic N) is 1. The molecule has 1 unspecified atom stereocenters. The van der Waals surface area contributed by atoms with Crippen molar-refractivity contribution in [3.8, 4) is 11.8 Å². The topological polar surface area (TPSA) is 92.4 Å². The Kier molecular flexibility index (Phi) is 7.11. The molecule has 1 heterocycles. The second-order valence-electron chi connectivity index (χ2n) is 9.43. The molecule has 0 aliphatic carbocycles. The maximum atomic E-state index is 13.5. The van der Waals surface area contributed by atoms with E-state index in [1.54, 1.807) is 30.3 Å². The molecule has 0 saturated heterocycles. The van der Waals surface area contributed by atoms with E-state index in [9.17, 15) is 27.9 Å². The van der Waals surface area contributed by atoms with Gasteiger partial charge in [-0.3, -0.25) is 4.79 Å². The van der Waals surface area contributed by atoms with E-state index in [1.807, 2.05) is 44.2 Å². The Morgan fingerprint density at radius 2 is 1.61 bits per heavy atom. The molecule has 0 fully saturated rings. The summed E-state index contributed by atoms with van der Waals surface area (Å²) >= 11 is 0. The monoisotopic (exact) mass is 520 g/mol. The van der Waals surface area contributed by atoms with Gasteiger partial charge in [0, 0.05) is 23.1 Å². The predicted molar refractivity (Wildman–Crippen MR) is 136 cm³/mol. The maximum absolute atomic E-state index is 13.5. The SMILES string of the molecule is CC(C)(CC(O)(C#Cc1ccccc1)C(=O)Nc1ccc2c(=O)onc(C(F)(F)F)c2c1)c1ccccc1. The van der Waals surface area contributed by atoms with Crippen LogP contribution >= 0.6 is 0 Å². The smallest absolute Gasteiger partial charge is 0.369 e. The second kappa shape index (κ2) is 10.1. The van der Waals surface area contributed by atoms with Crippen LogP contribution in [0.1, 0.15) is 37.1 Å². The van der Waals surface area contributed by atoms with Crippen molar-refractivity contribution in [3.63, 3.8) is 0 Å². The summed E-state index contributed by atoms with van der Waals surface area (Å²) in [6.07, 6.45) is -5.03. The van der Waals surface area contributed by atoms with Gasteiger partial charge in [0.1, 0.15) is 0 Å². The average Bonchev–Trinajstić information content (AvgIpc) is 2.88. The Morgan fingerprint density at radius 3 is 2.24 bits per heavy atom. The van der Waals surface area contributed by atoms with E-state index in [-0.39, 0.29) is 17.5 Å². The number of rotatable bonds is 5. The predicted octanol–water partition coefficient (Wildman–Crippen LogP) is 5.30. The number of aliphatic hydroxyl groups is 1. The zero-order valence-corrected chi connectivity index (χ0v) is 20.5. The first kappa shape index (κ1) is 26.6. The molecule has 38 heavy (non-hydrogen) atoms. The number of benzene rings is 3. The minimum absolute atomic E-state index is 0.0853. The number of hydrogen-bond acceptors (Lipinski definition) is 5. The third-order valence-electron chi connectivity index (χ3n) is 6.06. The number of nitrogens with one attached hydrogen (secondary N) is 1. The lowest BCUT2D eigenvalue weighted by Crippen LogP contribution is -2.46. The quantitative estimate of drug-likeness (QED) is 0.349. The summed E-state index contributed by atoms with van der Waals surface area (Å²) in [7, 11) is 0. The number of carbonyl (C=O) groups excluding carboxylic acids is 1. The number of fused-ring (bicyclic) bond motifs is 1. The highest BCUT2D eigenvalue weighted by Gasteiger charge is 2.41. The van der Waals surface area contributed by atoms with E-state index in [2.05, 4.69) is 26.8 Å². The van der Waals surface area contributed by atoms with Gasteiger partial charge >= 0.3 is 11.8 Å². The zero-order chi connectivity index (χ0) is 27.6. The van der Waals surface area contributed by atoms with Gasteiger partial charge in [-0.05, 0) is 41.3 Å². The largest absolute Gasteiger partial charge is 0.437 e. The van der Waals surface area contributed by atoms with Crippen molar-refractivity contribution in [2.45, 2.75) is 37.5 Å². The molecule has 0 spiro atoms. The van der Waals surface area contributed by atoms with Gasteiger partial charge in [0.15, 0.2) is 5.69 Å². The molecule has 0 radical (unpaired) electrons. The minimum Gasteiger partial charge on any atom is -0.369 e. The van der Waals surface area contributed by atoms with Gasteiger partial charge in [-0.2, -0.15) is 13.2 Å². The normalized spacial score (nSPS) is 13.3. The van der Waals surface area contributed by atoms with Gasteiger partial charge < -0.3 is 14.9 Å². The number of amides is 1. The number of hydrogen-bond donors (Lipinski definition) is 2. The number of halogens is 3. The van der Waals surface area contributed by atoms with Crippen molar-refractivity contribution in [3.05, 3.63) is 106 Å². The van der Waals surface area contributed by atoms with Gasteiger partial charge in [0.25, 0.3) is 5.91 Å². The molecule has 6 nitrogen and oxygen atoms in total. The third kappa shape index (κ3) is 5.76. The maximum Gasteiger partial charge on any atom is 0.437 e. The van der Waals surface area contributed by atoms with Crippen LogP contribution in [0.3, 0.4) is 0 Å². The van der Waals surface area contributed by atoms with Crippen molar-refractivity contribution in [2.75, 3.05) is 5.32 Å². The van der Waals surface area contributed by atoms with Crippen LogP contribution in [0.5, 0.6) is 0 Å². The molecule has 194 valence electrons. The molecular weight excluding hydrogens is 497 g/mol. The van der Waals surface area contributed by atoms with Gasteiger partial charge in [-0.15, -0.1) is 0 Å². The highest BCUT2D eigenvalue weighted by atomic mass is 19.4. The van der Waals surface area contributed by atoms with Crippen molar-refractivity contribution in [1.29, 1.82) is 0 Å². The minimum atomic E-state index is -4.90. The fraction of sp³-hybridized carbons (Fsp3) is 0.207. The third-order valence-corrected chi connectivity index (χ3v) is 6.06. The molecule has 0 saturated carbocycles. The molecule has 9 heteroatoms. The highest BCUT2D eigenvalue weighted by molar-refractivity contribution is 6.01. The Morgan fingerprint density at radius 1 is 0.974 bits per heavy atom. The van der Waals surface area contributed by atoms with E-state index < -0.39 is 39.8 Å². The van der Waals surface area contributed by atoms with Crippen molar-refractivity contribution in [2.24, 2.45) is 0 Å². The summed E-state index contributed by atoms with van der Waals surface area (Å²) in [4.78, 5) is 25.4. The Labute approximate surface area is 216 Å². The Bertz CT molecular complexity index is 1590. The first-order chi connectivity index (χ1) is 17.9. The van der Waals surface area contributed by atoms with Crippen LogP contribution in [0.25, 0.3) is 10.8 Å². The number of anilines is 1. The zero-order valence-electron chi connectivity index (χ0n) is 20.5. The van der Waals surface area contributed by atoms with Crippen LogP contribution in [-0.2, 0) is 16.4 Å². The molecule has 0 bridgehead atoms. The van der Waals surface area contributed by atoms with E-state index >= 15 is 0 Å². The molecule has 0 aliphatic rings. The van der Waals surface area contributed by atoms with E-state index in [0.29, 0.717) is 5.56 Å². The van der Waals surface area contributed by atoms with E-state index in [0.717, 1.165) is 17.7 Å². The van der Waals surface area contributed by atoms with Crippen LogP contribution in [0.2, 0.25) is 0 Å². The summed E-state index contributed by atoms with van der Waals surface area (Å²) in [6.45, 7) is 3.70. The van der Waals surface area contributed by atoms with Crippen molar-refractivity contribution < 1.29 is 27.6 Å². The Balaban J connectivity index is 1.74. The molecule has 0 aliphatic heterocycles. The van der Waals surface area contributed by atoms with Gasteiger partial charge in [-0.25, -0.2) is 4.79 Å². The molecule has 1 atom stereocenters.